The van der Waals surface area contributed by atoms with E-state index in [-0.39, 0.29) is 10.4 Å². The highest BCUT2D eigenvalue weighted by molar-refractivity contribution is 8.00. The van der Waals surface area contributed by atoms with Crippen LogP contribution in [0.2, 0.25) is 0 Å². The molecular formula is C22H18F3N3O3S. The van der Waals surface area contributed by atoms with Crippen molar-refractivity contribution in [3.63, 3.8) is 0 Å². The molecule has 0 saturated carbocycles. The number of carboxylic acid groups (broad SMARTS) is 1. The van der Waals surface area contributed by atoms with E-state index < -0.39 is 39.8 Å². The van der Waals surface area contributed by atoms with Crippen molar-refractivity contribution >= 4 is 34.3 Å². The minimum Gasteiger partial charge on any atom is -0.477 e. The molecule has 2 aliphatic rings. The maximum atomic E-state index is 15.0. The third kappa shape index (κ3) is 3.17. The molecule has 5 rings (SSSR count). The summed E-state index contributed by atoms with van der Waals surface area (Å²) in [6, 6.07) is 6.09. The van der Waals surface area contributed by atoms with E-state index >= 15 is 4.39 Å². The highest BCUT2D eigenvalue weighted by atomic mass is 32.2. The zero-order valence-electron chi connectivity index (χ0n) is 16.9. The fourth-order valence-electron chi connectivity index (χ4n) is 4.21. The smallest absolute Gasteiger partial charge is 0.342 e. The molecule has 32 heavy (non-hydrogen) atoms. The van der Waals surface area contributed by atoms with Crippen LogP contribution in [-0.2, 0) is 0 Å². The van der Waals surface area contributed by atoms with Gasteiger partial charge in [-0.05, 0) is 36.9 Å². The molecule has 166 valence electrons. The SMILES string of the molecule is CN1CCN(c2cc3c(cc2F)c(=O)c(C(=O)O)c2n3C(c3ccc(F)c(F)c3)S2)CC1. The number of nitrogens with zero attached hydrogens (tertiary/aromatic N) is 3. The lowest BCUT2D eigenvalue weighted by atomic mass is 10.1. The number of carbonyl (C=O) groups is 1. The van der Waals surface area contributed by atoms with E-state index in [1.807, 2.05) is 11.9 Å². The molecule has 10 heteroatoms. The molecule has 1 saturated heterocycles. The molecule has 0 amide bonds. The van der Waals surface area contributed by atoms with E-state index in [2.05, 4.69) is 4.90 Å². The Bertz CT molecular complexity index is 1340. The van der Waals surface area contributed by atoms with Gasteiger partial charge >= 0.3 is 5.97 Å². The van der Waals surface area contributed by atoms with Crippen molar-refractivity contribution in [2.45, 2.75) is 10.4 Å². The zero-order valence-corrected chi connectivity index (χ0v) is 17.8. The maximum Gasteiger partial charge on any atom is 0.342 e. The number of likely N-dealkylation sites (N-methyl/N-ethyl adjacent to an activating group) is 1. The van der Waals surface area contributed by atoms with Crippen LogP contribution in [0.3, 0.4) is 0 Å². The Morgan fingerprint density at radius 1 is 1.03 bits per heavy atom. The first-order chi connectivity index (χ1) is 15.3. The summed E-state index contributed by atoms with van der Waals surface area (Å²) >= 11 is 1.08. The summed E-state index contributed by atoms with van der Waals surface area (Å²) < 4.78 is 43.9. The van der Waals surface area contributed by atoms with Crippen LogP contribution in [0.25, 0.3) is 10.9 Å². The van der Waals surface area contributed by atoms with Gasteiger partial charge in [-0.25, -0.2) is 18.0 Å². The first kappa shape index (κ1) is 20.9. The van der Waals surface area contributed by atoms with Gasteiger partial charge in [0, 0.05) is 31.6 Å². The Morgan fingerprint density at radius 3 is 2.41 bits per heavy atom. The molecule has 0 aliphatic carbocycles. The molecule has 0 radical (unpaired) electrons. The summed E-state index contributed by atoms with van der Waals surface area (Å²) in [5.41, 5.74) is -0.123. The second-order valence-electron chi connectivity index (χ2n) is 7.94. The molecule has 1 unspecified atom stereocenters. The number of halogens is 3. The predicted molar refractivity (Wildman–Crippen MR) is 115 cm³/mol. The van der Waals surface area contributed by atoms with Gasteiger partial charge in [-0.2, -0.15) is 0 Å². The molecule has 1 aromatic heterocycles. The van der Waals surface area contributed by atoms with E-state index in [0.717, 1.165) is 43.1 Å². The molecule has 0 bridgehead atoms. The number of thioether (sulfide) groups is 1. The number of piperazine rings is 1. The van der Waals surface area contributed by atoms with Gasteiger partial charge < -0.3 is 19.5 Å². The normalized spacial score (nSPS) is 18.5. The van der Waals surface area contributed by atoms with E-state index in [1.165, 1.54) is 6.07 Å². The lowest BCUT2D eigenvalue weighted by molar-refractivity contribution is 0.0689. The van der Waals surface area contributed by atoms with Gasteiger partial charge in [0.15, 0.2) is 11.6 Å². The van der Waals surface area contributed by atoms with Crippen LogP contribution >= 0.6 is 11.8 Å². The molecule has 1 atom stereocenters. The Hall–Kier alpha value is -2.98. The summed E-state index contributed by atoms with van der Waals surface area (Å²) in [7, 11) is 1.98. The van der Waals surface area contributed by atoms with Crippen LogP contribution in [-0.4, -0.2) is 53.8 Å². The summed E-state index contributed by atoms with van der Waals surface area (Å²) in [5.74, 6) is -4.04. The van der Waals surface area contributed by atoms with Crippen LogP contribution < -0.4 is 10.3 Å². The fourth-order valence-corrected chi connectivity index (χ4v) is 5.49. The van der Waals surface area contributed by atoms with Gasteiger partial charge in [-0.15, -0.1) is 0 Å². The second kappa shape index (κ2) is 7.56. The lowest BCUT2D eigenvalue weighted by Gasteiger charge is -2.37. The number of anilines is 1. The first-order valence-corrected chi connectivity index (χ1v) is 10.8. The quantitative estimate of drug-likeness (QED) is 0.644. The number of aromatic nitrogens is 1. The molecule has 1 N–H and O–H groups in total. The van der Waals surface area contributed by atoms with Gasteiger partial charge in [0.1, 0.15) is 16.8 Å². The van der Waals surface area contributed by atoms with E-state index in [1.54, 1.807) is 10.6 Å². The number of fused-ring (bicyclic) bond motifs is 3. The van der Waals surface area contributed by atoms with Crippen molar-refractivity contribution in [2.24, 2.45) is 0 Å². The lowest BCUT2D eigenvalue weighted by Crippen LogP contribution is -2.44. The van der Waals surface area contributed by atoms with Gasteiger partial charge in [-0.3, -0.25) is 4.79 Å². The molecular weight excluding hydrogens is 443 g/mol. The zero-order chi connectivity index (χ0) is 22.7. The fraction of sp³-hybridized carbons (Fsp3) is 0.273. The number of hydrogen-bond acceptors (Lipinski definition) is 5. The molecule has 2 aliphatic heterocycles. The monoisotopic (exact) mass is 461 g/mol. The molecule has 3 aromatic rings. The van der Waals surface area contributed by atoms with Gasteiger partial charge in [-0.1, -0.05) is 17.8 Å². The Labute approximate surface area is 184 Å². The van der Waals surface area contributed by atoms with Gasteiger partial charge in [0.25, 0.3) is 0 Å². The number of carboxylic acids is 1. The molecule has 3 heterocycles. The topological polar surface area (TPSA) is 65.8 Å². The van der Waals surface area contributed by atoms with Gasteiger partial charge in [0.2, 0.25) is 5.43 Å². The van der Waals surface area contributed by atoms with Crippen LogP contribution in [0.1, 0.15) is 21.3 Å². The average molecular weight is 461 g/mol. The van der Waals surface area contributed by atoms with E-state index in [0.29, 0.717) is 29.9 Å². The third-order valence-corrected chi connectivity index (χ3v) is 7.30. The van der Waals surface area contributed by atoms with Gasteiger partial charge in [0.05, 0.1) is 16.2 Å². The summed E-state index contributed by atoms with van der Waals surface area (Å²) in [6.07, 6.45) is 0. The molecule has 6 nitrogen and oxygen atoms in total. The highest BCUT2D eigenvalue weighted by Crippen LogP contribution is 2.50. The summed E-state index contributed by atoms with van der Waals surface area (Å²) in [4.78, 5) is 28.7. The number of hydrogen-bond donors (Lipinski definition) is 1. The van der Waals surface area contributed by atoms with Crippen molar-refractivity contribution in [1.82, 2.24) is 9.47 Å². The highest BCUT2D eigenvalue weighted by Gasteiger charge is 2.37. The van der Waals surface area contributed by atoms with E-state index in [9.17, 15) is 23.5 Å². The summed E-state index contributed by atoms with van der Waals surface area (Å²) in [6.45, 7) is 2.71. The number of pyridine rings is 1. The van der Waals surface area contributed by atoms with Crippen LogP contribution in [0, 0.1) is 17.5 Å². The third-order valence-electron chi connectivity index (χ3n) is 5.97. The van der Waals surface area contributed by atoms with Crippen LogP contribution in [0.5, 0.6) is 0 Å². The second-order valence-corrected chi connectivity index (χ2v) is 9.01. The first-order valence-electron chi connectivity index (χ1n) is 9.96. The van der Waals surface area contributed by atoms with Crippen molar-refractivity contribution in [3.05, 3.63) is 69.1 Å². The van der Waals surface area contributed by atoms with Crippen molar-refractivity contribution in [3.8, 4) is 0 Å². The molecule has 2 aromatic carbocycles. The Morgan fingerprint density at radius 2 is 1.75 bits per heavy atom. The Kier molecular flexibility index (Phi) is 4.94. The number of benzene rings is 2. The van der Waals surface area contributed by atoms with E-state index in [4.69, 9.17) is 0 Å². The standard InChI is InChI=1S/C22H18F3N3O3S/c1-26-4-6-27(7-5-26)17-10-16-12(9-15(17)25)19(29)18(22(30)31)21-28(16)20(32-21)11-2-3-13(23)14(24)8-11/h2-3,8-10,20H,4-7H2,1H3,(H,30,31). The predicted octanol–water partition coefficient (Wildman–Crippen LogP) is 3.52. The summed E-state index contributed by atoms with van der Waals surface area (Å²) in [5, 5.41) is 9.18. The average Bonchev–Trinajstić information content (AvgIpc) is 2.73. The number of aromatic carboxylic acids is 1. The number of rotatable bonds is 3. The van der Waals surface area contributed by atoms with Crippen molar-refractivity contribution in [2.75, 3.05) is 38.1 Å². The minimum absolute atomic E-state index is 0.0607. The maximum absolute atomic E-state index is 15.0. The van der Waals surface area contributed by atoms with Crippen LogP contribution in [0.15, 0.2) is 40.2 Å². The molecule has 0 spiro atoms. The van der Waals surface area contributed by atoms with Crippen LogP contribution in [0.4, 0.5) is 18.9 Å². The van der Waals surface area contributed by atoms with Crippen molar-refractivity contribution < 1.29 is 23.1 Å². The largest absolute Gasteiger partial charge is 0.477 e. The minimum atomic E-state index is -1.42. The molecule has 1 fully saturated rings. The Balaban J connectivity index is 1.72. The van der Waals surface area contributed by atoms with Crippen molar-refractivity contribution in [1.29, 1.82) is 0 Å².